The molecular formula is C34H66N4O14S. The molecular weight excluding hydrogens is 720 g/mol. The lowest BCUT2D eigenvalue weighted by Crippen LogP contribution is -2.36. The van der Waals surface area contributed by atoms with Gasteiger partial charge >= 0.3 is 6.03 Å². The van der Waals surface area contributed by atoms with Crippen LogP contribution in [-0.4, -0.2) is 194 Å². The second-order valence-corrected chi connectivity index (χ2v) is 13.1. The minimum atomic E-state index is -0.0614. The Labute approximate surface area is 319 Å². The predicted molar refractivity (Wildman–Crippen MR) is 196 cm³/mol. The first-order chi connectivity index (χ1) is 26.2. The third kappa shape index (κ3) is 28.6. The molecule has 0 unspecified atom stereocenters. The molecule has 19 heteroatoms. The first-order valence-electron chi connectivity index (χ1n) is 18.8. The Morgan fingerprint density at radius 3 is 1.34 bits per heavy atom. The smallest absolute Gasteiger partial charge is 0.315 e. The molecule has 0 aromatic heterocycles. The number of ether oxygens (including phenoxy) is 11. The number of unbranched alkanes of at least 4 members (excludes halogenated alkanes) is 1. The van der Waals surface area contributed by atoms with Crippen LogP contribution < -0.4 is 21.8 Å². The Morgan fingerprint density at radius 1 is 0.566 bits per heavy atom. The van der Waals surface area contributed by atoms with Crippen LogP contribution in [0.5, 0.6) is 0 Å². The molecule has 0 aromatic carbocycles. The number of urea groups is 1. The van der Waals surface area contributed by atoms with Crippen LogP contribution in [0, 0.1) is 0 Å². The summed E-state index contributed by atoms with van der Waals surface area (Å²) in [5.41, 5.74) is 0. The Hall–Kier alpha value is -1.43. The molecule has 2 heterocycles. The van der Waals surface area contributed by atoms with Gasteiger partial charge < -0.3 is 72.9 Å². The van der Waals surface area contributed by atoms with Crippen molar-refractivity contribution in [1.29, 1.82) is 0 Å². The standard InChI is InChI=1S/C34H66N4O14S/c35-52-28-27-51-26-25-50-24-23-49-22-21-48-20-19-47-18-17-46-16-15-45-14-13-44-12-11-43-10-9-42-8-7-41-6-5-36-32(39)4-2-1-3-31-33-30(29-53-31)37-34(40)38-33/h30-31,33H,1-29,35H2,(H,36,39)(H2,37,38,40)/t30-,31+,33-/m1/s1. The number of nitrogens with one attached hydrogen (secondary N) is 3. The van der Waals surface area contributed by atoms with Gasteiger partial charge in [0.15, 0.2) is 0 Å². The fourth-order valence-corrected chi connectivity index (χ4v) is 6.58. The maximum Gasteiger partial charge on any atom is 0.315 e. The van der Waals surface area contributed by atoms with Crippen LogP contribution >= 0.6 is 11.8 Å². The highest BCUT2D eigenvalue weighted by atomic mass is 32.2. The molecule has 53 heavy (non-hydrogen) atoms. The molecule has 0 bridgehead atoms. The van der Waals surface area contributed by atoms with Crippen LogP contribution in [0.1, 0.15) is 25.7 Å². The monoisotopic (exact) mass is 786 g/mol. The molecule has 312 valence electrons. The molecule has 2 fully saturated rings. The number of hydrogen-bond donors (Lipinski definition) is 4. The van der Waals surface area contributed by atoms with Crippen molar-refractivity contribution in [1.82, 2.24) is 16.0 Å². The highest BCUT2D eigenvalue weighted by Crippen LogP contribution is 2.33. The normalized spacial score (nSPS) is 18.0. The van der Waals surface area contributed by atoms with E-state index in [2.05, 4.69) is 20.8 Å². The van der Waals surface area contributed by atoms with Gasteiger partial charge in [0.2, 0.25) is 5.91 Å². The molecule has 3 amide bonds. The number of rotatable bonds is 41. The molecule has 2 aliphatic heterocycles. The Morgan fingerprint density at radius 2 is 0.943 bits per heavy atom. The molecule has 2 saturated heterocycles. The quantitative estimate of drug-likeness (QED) is 0.0363. The number of fused-ring (bicyclic) bond motifs is 1. The van der Waals surface area contributed by atoms with Crippen LogP contribution in [-0.2, 0) is 61.7 Å². The average molecular weight is 787 g/mol. The number of amides is 3. The van der Waals surface area contributed by atoms with E-state index in [9.17, 15) is 9.59 Å². The molecule has 0 spiro atoms. The second kappa shape index (κ2) is 36.2. The van der Waals surface area contributed by atoms with E-state index < -0.39 is 0 Å². The van der Waals surface area contributed by atoms with Gasteiger partial charge in [0.05, 0.1) is 164 Å². The molecule has 5 N–H and O–H groups in total. The predicted octanol–water partition coefficient (Wildman–Crippen LogP) is -0.0987. The van der Waals surface area contributed by atoms with Crippen molar-refractivity contribution in [3.05, 3.63) is 0 Å². The van der Waals surface area contributed by atoms with E-state index in [0.29, 0.717) is 170 Å². The fraction of sp³-hybridized carbons (Fsp3) is 0.941. The minimum Gasteiger partial charge on any atom is -0.377 e. The van der Waals surface area contributed by atoms with Crippen molar-refractivity contribution in [2.75, 3.05) is 164 Å². The van der Waals surface area contributed by atoms with E-state index in [1.807, 2.05) is 11.8 Å². The summed E-state index contributed by atoms with van der Waals surface area (Å²) in [6, 6.07) is 0.404. The summed E-state index contributed by atoms with van der Waals surface area (Å²) in [5.74, 6) is 5.90. The first kappa shape index (κ1) is 47.7. The largest absolute Gasteiger partial charge is 0.377 e. The van der Waals surface area contributed by atoms with Crippen LogP contribution in [0.15, 0.2) is 0 Å². The van der Waals surface area contributed by atoms with E-state index in [4.69, 9.17) is 58.0 Å². The Balaban J connectivity index is 1.14. The fourth-order valence-electron chi connectivity index (χ4n) is 5.03. The van der Waals surface area contributed by atoms with E-state index in [1.54, 1.807) is 0 Å². The van der Waals surface area contributed by atoms with E-state index in [0.717, 1.165) is 25.0 Å². The molecule has 0 radical (unpaired) electrons. The van der Waals surface area contributed by atoms with Crippen molar-refractivity contribution >= 4 is 23.7 Å². The molecule has 18 nitrogen and oxygen atoms in total. The second-order valence-electron chi connectivity index (χ2n) is 11.8. The molecule has 3 atom stereocenters. The number of hydrogen-bond acceptors (Lipinski definition) is 16. The maximum absolute atomic E-state index is 12.0. The zero-order chi connectivity index (χ0) is 37.7. The highest BCUT2D eigenvalue weighted by molar-refractivity contribution is 8.00. The molecule has 0 aromatic rings. The Kier molecular flexibility index (Phi) is 32.6. The molecule has 0 aliphatic carbocycles. The topological polar surface area (TPSA) is 207 Å². The van der Waals surface area contributed by atoms with Crippen LogP contribution in [0.4, 0.5) is 4.79 Å². The van der Waals surface area contributed by atoms with E-state index in [1.165, 1.54) is 0 Å². The Bertz CT molecular complexity index is 859. The van der Waals surface area contributed by atoms with Gasteiger partial charge in [-0.15, -0.1) is 0 Å². The van der Waals surface area contributed by atoms with Gasteiger partial charge in [-0.2, -0.15) is 11.8 Å². The number of thioether (sulfide) groups is 1. The van der Waals surface area contributed by atoms with Gasteiger partial charge in [-0.3, -0.25) is 4.79 Å². The molecule has 0 saturated carbocycles. The van der Waals surface area contributed by atoms with Gasteiger partial charge in [0, 0.05) is 24.0 Å². The van der Waals surface area contributed by atoms with Crippen LogP contribution in [0.3, 0.4) is 0 Å². The van der Waals surface area contributed by atoms with Gasteiger partial charge in [-0.05, 0) is 12.8 Å². The van der Waals surface area contributed by atoms with Crippen molar-refractivity contribution in [3.63, 3.8) is 0 Å². The number of carbonyl (C=O) groups excluding carboxylic acids is 2. The summed E-state index contributed by atoms with van der Waals surface area (Å²) in [5, 5.41) is 9.28. The number of nitrogens with two attached hydrogens (primary N) is 1. The molecule has 2 rings (SSSR count). The lowest BCUT2D eigenvalue weighted by Gasteiger charge is -2.16. The maximum atomic E-state index is 12.0. The summed E-state index contributed by atoms with van der Waals surface area (Å²) >= 11 is 1.90. The third-order valence-corrected chi connectivity index (χ3v) is 9.22. The number of carbonyl (C=O) groups is 2. The summed E-state index contributed by atoms with van der Waals surface area (Å²) in [6.45, 7) is 11.6. The van der Waals surface area contributed by atoms with Crippen molar-refractivity contribution in [3.8, 4) is 0 Å². The van der Waals surface area contributed by atoms with Crippen LogP contribution in [0.25, 0.3) is 0 Å². The first-order valence-corrected chi connectivity index (χ1v) is 19.9. The average Bonchev–Trinajstić information content (AvgIpc) is 3.72. The molecule has 2 aliphatic rings. The lowest BCUT2D eigenvalue weighted by molar-refractivity contribution is -0.121. The van der Waals surface area contributed by atoms with Gasteiger partial charge in [0.1, 0.15) is 0 Å². The van der Waals surface area contributed by atoms with Gasteiger partial charge in [0.25, 0.3) is 0 Å². The summed E-state index contributed by atoms with van der Waals surface area (Å²) in [6.07, 6.45) is 3.33. The van der Waals surface area contributed by atoms with E-state index >= 15 is 0 Å². The van der Waals surface area contributed by atoms with Crippen molar-refractivity contribution in [2.45, 2.75) is 43.0 Å². The lowest BCUT2D eigenvalue weighted by atomic mass is 10.0. The minimum absolute atomic E-state index is 0.0421. The van der Waals surface area contributed by atoms with Crippen molar-refractivity contribution < 1.29 is 66.5 Å². The third-order valence-electron chi connectivity index (χ3n) is 7.71. The van der Waals surface area contributed by atoms with Gasteiger partial charge in [-0.1, -0.05) is 6.42 Å². The zero-order valence-corrected chi connectivity index (χ0v) is 32.3. The SMILES string of the molecule is NOCCOCCOCCOCCOCCOCCOCCOCCOCCOCCOCCOCCNC(=O)CCCC[C@@H]1SC[C@H]2NC(=O)N[C@@H]12. The summed E-state index contributed by atoms with van der Waals surface area (Å²) in [4.78, 5) is 27.9. The van der Waals surface area contributed by atoms with Crippen molar-refractivity contribution in [2.24, 2.45) is 5.90 Å². The van der Waals surface area contributed by atoms with Gasteiger partial charge in [-0.25, -0.2) is 10.7 Å². The van der Waals surface area contributed by atoms with Crippen LogP contribution in [0.2, 0.25) is 0 Å². The zero-order valence-electron chi connectivity index (χ0n) is 31.4. The summed E-state index contributed by atoms with van der Waals surface area (Å²) < 4.78 is 59.9. The van der Waals surface area contributed by atoms with E-state index in [-0.39, 0.29) is 24.0 Å². The summed E-state index contributed by atoms with van der Waals surface area (Å²) in [7, 11) is 0. The highest BCUT2D eigenvalue weighted by Gasteiger charge is 2.42.